The third-order valence-corrected chi connectivity index (χ3v) is 3.79. The number of benzene rings is 1. The van der Waals surface area contributed by atoms with Gasteiger partial charge in [0.05, 0.1) is 0 Å². The van der Waals surface area contributed by atoms with Gasteiger partial charge in [0.2, 0.25) is 0 Å². The van der Waals surface area contributed by atoms with E-state index in [4.69, 9.17) is 0 Å². The minimum absolute atomic E-state index is 0.880. The molecule has 1 aromatic heterocycles. The fourth-order valence-electron chi connectivity index (χ4n) is 1.89. The summed E-state index contributed by atoms with van der Waals surface area (Å²) < 4.78 is 0. The Morgan fingerprint density at radius 2 is 1.90 bits per heavy atom. The standard InChI is InChI=1S/C16H21N3S/c1-3-8-14-18-15(17-4-2)11-16(19-14)20-12-13-9-6-5-7-10-13/h5-7,9-11H,3-4,8,12H2,1-2H3,(H,17,18,19). The summed E-state index contributed by atoms with van der Waals surface area (Å²) in [5.74, 6) is 2.80. The molecule has 3 nitrogen and oxygen atoms in total. The maximum Gasteiger partial charge on any atom is 0.132 e. The number of hydrogen-bond donors (Lipinski definition) is 1. The molecule has 4 heteroatoms. The van der Waals surface area contributed by atoms with Crippen LogP contribution in [0.1, 0.15) is 31.7 Å². The lowest BCUT2D eigenvalue weighted by Gasteiger charge is -2.08. The van der Waals surface area contributed by atoms with Gasteiger partial charge in [0.1, 0.15) is 16.7 Å². The van der Waals surface area contributed by atoms with Gasteiger partial charge in [-0.1, -0.05) is 37.3 Å². The Balaban J connectivity index is 2.09. The van der Waals surface area contributed by atoms with E-state index in [1.165, 1.54) is 5.56 Å². The first-order valence-corrected chi connectivity index (χ1v) is 8.09. The molecule has 0 aliphatic rings. The molecule has 0 bridgehead atoms. The van der Waals surface area contributed by atoms with Crippen molar-refractivity contribution in [3.63, 3.8) is 0 Å². The van der Waals surface area contributed by atoms with E-state index in [0.29, 0.717) is 0 Å². The van der Waals surface area contributed by atoms with Gasteiger partial charge in [-0.25, -0.2) is 9.97 Å². The molecule has 1 aromatic carbocycles. The van der Waals surface area contributed by atoms with E-state index < -0.39 is 0 Å². The topological polar surface area (TPSA) is 37.8 Å². The van der Waals surface area contributed by atoms with Crippen molar-refractivity contribution in [3.05, 3.63) is 47.8 Å². The second-order valence-electron chi connectivity index (χ2n) is 4.56. The molecule has 0 saturated heterocycles. The fraction of sp³-hybridized carbons (Fsp3) is 0.375. The lowest BCUT2D eigenvalue weighted by atomic mass is 10.2. The molecule has 20 heavy (non-hydrogen) atoms. The summed E-state index contributed by atoms with van der Waals surface area (Å²) in [6.45, 7) is 5.11. The number of nitrogens with one attached hydrogen (secondary N) is 1. The van der Waals surface area contributed by atoms with Gasteiger partial charge in [-0.05, 0) is 18.9 Å². The minimum atomic E-state index is 0.880. The second-order valence-corrected chi connectivity index (χ2v) is 5.56. The molecule has 1 N–H and O–H groups in total. The van der Waals surface area contributed by atoms with Crippen LogP contribution in [0, 0.1) is 0 Å². The highest BCUT2D eigenvalue weighted by atomic mass is 32.2. The van der Waals surface area contributed by atoms with Crippen molar-refractivity contribution in [2.45, 2.75) is 37.5 Å². The van der Waals surface area contributed by atoms with Crippen LogP contribution in [0.25, 0.3) is 0 Å². The van der Waals surface area contributed by atoms with Crippen LogP contribution >= 0.6 is 11.8 Å². The fourth-order valence-corrected chi connectivity index (χ4v) is 2.76. The summed E-state index contributed by atoms with van der Waals surface area (Å²) in [6.07, 6.45) is 2.00. The van der Waals surface area contributed by atoms with Crippen LogP contribution in [0.2, 0.25) is 0 Å². The Kier molecular flexibility index (Phi) is 5.87. The van der Waals surface area contributed by atoms with Crippen LogP contribution in [0.5, 0.6) is 0 Å². The number of hydrogen-bond acceptors (Lipinski definition) is 4. The summed E-state index contributed by atoms with van der Waals surface area (Å²) in [4.78, 5) is 9.16. The Hall–Kier alpha value is -1.55. The van der Waals surface area contributed by atoms with Gasteiger partial charge in [0, 0.05) is 24.8 Å². The van der Waals surface area contributed by atoms with Crippen molar-refractivity contribution in [3.8, 4) is 0 Å². The third kappa shape index (κ3) is 4.53. The van der Waals surface area contributed by atoms with Crippen molar-refractivity contribution in [2.75, 3.05) is 11.9 Å². The Morgan fingerprint density at radius 3 is 2.60 bits per heavy atom. The molecule has 0 unspecified atom stereocenters. The van der Waals surface area contributed by atoms with E-state index in [1.807, 2.05) is 12.1 Å². The van der Waals surface area contributed by atoms with Gasteiger partial charge in [-0.2, -0.15) is 0 Å². The van der Waals surface area contributed by atoms with Crippen molar-refractivity contribution >= 4 is 17.6 Å². The summed E-state index contributed by atoms with van der Waals surface area (Å²) in [7, 11) is 0. The molecule has 106 valence electrons. The van der Waals surface area contributed by atoms with Gasteiger partial charge >= 0.3 is 0 Å². The smallest absolute Gasteiger partial charge is 0.132 e. The molecule has 0 atom stereocenters. The van der Waals surface area contributed by atoms with Crippen molar-refractivity contribution in [1.82, 2.24) is 9.97 Å². The maximum atomic E-state index is 4.63. The predicted octanol–water partition coefficient (Wildman–Crippen LogP) is 4.15. The minimum Gasteiger partial charge on any atom is -0.370 e. The highest BCUT2D eigenvalue weighted by molar-refractivity contribution is 7.98. The Bertz CT molecular complexity index is 504. The monoisotopic (exact) mass is 287 g/mol. The zero-order valence-electron chi connectivity index (χ0n) is 12.1. The second kappa shape index (κ2) is 7.90. The lowest BCUT2D eigenvalue weighted by Crippen LogP contribution is -2.04. The summed E-state index contributed by atoms with van der Waals surface area (Å²) in [5, 5.41) is 4.33. The van der Waals surface area contributed by atoms with Gasteiger partial charge in [-0.15, -0.1) is 11.8 Å². The quantitative estimate of drug-likeness (QED) is 0.613. The molecule has 0 amide bonds. The van der Waals surface area contributed by atoms with Crippen LogP contribution in [-0.2, 0) is 12.2 Å². The van der Waals surface area contributed by atoms with Crippen molar-refractivity contribution in [1.29, 1.82) is 0 Å². The van der Waals surface area contributed by atoms with E-state index in [2.05, 4.69) is 53.4 Å². The lowest BCUT2D eigenvalue weighted by molar-refractivity contribution is 0.810. The van der Waals surface area contributed by atoms with Crippen LogP contribution in [0.3, 0.4) is 0 Å². The average molecular weight is 287 g/mol. The van der Waals surface area contributed by atoms with Crippen LogP contribution in [0.15, 0.2) is 41.4 Å². The molecule has 2 aromatic rings. The van der Waals surface area contributed by atoms with Gasteiger partial charge in [0.25, 0.3) is 0 Å². The van der Waals surface area contributed by atoms with E-state index in [-0.39, 0.29) is 0 Å². The third-order valence-electron chi connectivity index (χ3n) is 2.81. The average Bonchev–Trinajstić information content (AvgIpc) is 2.47. The number of nitrogens with zero attached hydrogens (tertiary/aromatic N) is 2. The first kappa shape index (κ1) is 14.9. The molecule has 0 saturated carbocycles. The molecule has 0 aliphatic carbocycles. The van der Waals surface area contributed by atoms with E-state index in [0.717, 1.165) is 41.8 Å². The molecular formula is C16H21N3S. The molecular weight excluding hydrogens is 266 g/mol. The molecule has 0 radical (unpaired) electrons. The molecule has 0 fully saturated rings. The van der Waals surface area contributed by atoms with Crippen molar-refractivity contribution in [2.24, 2.45) is 0 Å². The van der Waals surface area contributed by atoms with Gasteiger partial charge < -0.3 is 5.32 Å². The number of aromatic nitrogens is 2. The number of thioether (sulfide) groups is 1. The number of rotatable bonds is 7. The van der Waals surface area contributed by atoms with Crippen LogP contribution in [-0.4, -0.2) is 16.5 Å². The van der Waals surface area contributed by atoms with Gasteiger partial charge in [-0.3, -0.25) is 0 Å². The summed E-state index contributed by atoms with van der Waals surface area (Å²) >= 11 is 1.76. The van der Waals surface area contributed by atoms with E-state index in [1.54, 1.807) is 11.8 Å². The summed E-state index contributed by atoms with van der Waals surface area (Å²) in [6, 6.07) is 12.5. The normalized spacial score (nSPS) is 10.5. The maximum absolute atomic E-state index is 4.63. The predicted molar refractivity (Wildman–Crippen MR) is 86.2 cm³/mol. The highest BCUT2D eigenvalue weighted by Gasteiger charge is 2.05. The van der Waals surface area contributed by atoms with Crippen molar-refractivity contribution < 1.29 is 0 Å². The first-order chi connectivity index (χ1) is 9.81. The van der Waals surface area contributed by atoms with E-state index >= 15 is 0 Å². The van der Waals surface area contributed by atoms with Crippen LogP contribution in [0.4, 0.5) is 5.82 Å². The zero-order chi connectivity index (χ0) is 14.2. The SMILES string of the molecule is CCCc1nc(NCC)cc(SCc2ccccc2)n1. The Morgan fingerprint density at radius 1 is 1.10 bits per heavy atom. The summed E-state index contributed by atoms with van der Waals surface area (Å²) in [5.41, 5.74) is 1.32. The number of aryl methyl sites for hydroxylation is 1. The molecule has 0 spiro atoms. The first-order valence-electron chi connectivity index (χ1n) is 7.10. The molecule has 2 rings (SSSR count). The van der Waals surface area contributed by atoms with E-state index in [9.17, 15) is 0 Å². The van der Waals surface area contributed by atoms with Crippen LogP contribution < -0.4 is 5.32 Å². The molecule has 0 aliphatic heterocycles. The number of anilines is 1. The zero-order valence-corrected chi connectivity index (χ0v) is 12.9. The van der Waals surface area contributed by atoms with Gasteiger partial charge in [0.15, 0.2) is 0 Å². The Labute approximate surface area is 125 Å². The largest absolute Gasteiger partial charge is 0.370 e. The highest BCUT2D eigenvalue weighted by Crippen LogP contribution is 2.23. The molecule has 1 heterocycles.